The molecule has 0 spiro atoms. The van der Waals surface area contributed by atoms with Crippen molar-refractivity contribution in [2.24, 2.45) is 0 Å². The van der Waals surface area contributed by atoms with Crippen molar-refractivity contribution in [3.05, 3.63) is 28.7 Å². The van der Waals surface area contributed by atoms with E-state index in [-0.39, 0.29) is 23.5 Å². The highest BCUT2D eigenvalue weighted by molar-refractivity contribution is 8.26. The van der Waals surface area contributed by atoms with Crippen molar-refractivity contribution in [1.29, 1.82) is 0 Å². The van der Waals surface area contributed by atoms with Crippen molar-refractivity contribution in [3.63, 3.8) is 0 Å². The molecule has 0 unspecified atom stereocenters. The Bertz CT molecular complexity index is 863. The summed E-state index contributed by atoms with van der Waals surface area (Å²) in [5.74, 6) is 0.890. The van der Waals surface area contributed by atoms with Gasteiger partial charge in [0, 0.05) is 5.56 Å². The maximum Gasteiger partial charge on any atom is 0.266 e. The number of carbonyl (C=O) groups is 1. The molecule has 0 aliphatic carbocycles. The van der Waals surface area contributed by atoms with E-state index in [1.54, 1.807) is 25.3 Å². The second-order valence-electron chi connectivity index (χ2n) is 5.69. The summed E-state index contributed by atoms with van der Waals surface area (Å²) in [7, 11) is -0.0197. The lowest BCUT2D eigenvalue weighted by Crippen LogP contribution is -2.39. The fraction of sp³-hybridized carbons (Fsp3) is 0.375. The molecule has 2 heterocycles. The van der Waals surface area contributed by atoms with Crippen molar-refractivity contribution in [2.75, 3.05) is 25.7 Å². The second kappa shape index (κ2) is 6.97. The van der Waals surface area contributed by atoms with Crippen LogP contribution < -0.4 is 9.47 Å². The van der Waals surface area contributed by atoms with Crippen LogP contribution in [0.15, 0.2) is 23.1 Å². The van der Waals surface area contributed by atoms with E-state index in [0.29, 0.717) is 32.7 Å². The van der Waals surface area contributed by atoms with Crippen LogP contribution in [0.2, 0.25) is 0 Å². The van der Waals surface area contributed by atoms with Gasteiger partial charge in [0.1, 0.15) is 4.32 Å². The van der Waals surface area contributed by atoms with Crippen LogP contribution in [0.5, 0.6) is 11.5 Å². The van der Waals surface area contributed by atoms with Crippen LogP contribution in [-0.2, 0) is 14.6 Å². The van der Waals surface area contributed by atoms with Gasteiger partial charge < -0.3 is 9.47 Å². The number of hydrogen-bond donors (Lipinski definition) is 0. The lowest BCUT2D eigenvalue weighted by atomic mass is 10.1. The maximum absolute atomic E-state index is 12.8. The van der Waals surface area contributed by atoms with Crippen LogP contribution >= 0.6 is 24.0 Å². The Hall–Kier alpha value is -1.58. The molecule has 0 aromatic heterocycles. The van der Waals surface area contributed by atoms with Gasteiger partial charge in [-0.05, 0) is 18.6 Å². The van der Waals surface area contributed by atoms with Crippen molar-refractivity contribution in [1.82, 2.24) is 4.90 Å². The molecule has 1 atom stereocenters. The number of carbonyl (C=O) groups excluding carboxylic acids is 1. The minimum Gasteiger partial charge on any atom is -0.493 e. The average Bonchev–Trinajstić information content (AvgIpc) is 3.06. The number of sulfone groups is 1. The van der Waals surface area contributed by atoms with Gasteiger partial charge in [0.2, 0.25) is 0 Å². The van der Waals surface area contributed by atoms with E-state index in [2.05, 4.69) is 0 Å². The summed E-state index contributed by atoms with van der Waals surface area (Å²) in [4.78, 5) is 14.6. The SMILES string of the molecule is COc1cccc(/C=C2\SC(=S)N([C@@H]3CCS(=O)(=O)C3)C2=O)c1OC. The first-order valence-electron chi connectivity index (χ1n) is 7.55. The lowest BCUT2D eigenvalue weighted by molar-refractivity contribution is -0.123. The van der Waals surface area contributed by atoms with Crippen LogP contribution in [-0.4, -0.2) is 55.3 Å². The summed E-state index contributed by atoms with van der Waals surface area (Å²) in [6.45, 7) is 0. The molecule has 9 heteroatoms. The quantitative estimate of drug-likeness (QED) is 0.567. The van der Waals surface area contributed by atoms with Gasteiger partial charge in [-0.2, -0.15) is 0 Å². The molecule has 0 N–H and O–H groups in total. The zero-order chi connectivity index (χ0) is 18.2. The first kappa shape index (κ1) is 18.2. The molecule has 25 heavy (non-hydrogen) atoms. The van der Waals surface area contributed by atoms with Gasteiger partial charge in [-0.3, -0.25) is 9.69 Å². The molecule has 2 saturated heterocycles. The molecule has 2 fully saturated rings. The number of thiocarbonyl (C=S) groups is 1. The molecule has 134 valence electrons. The molecular weight excluding hydrogens is 382 g/mol. The number of methoxy groups -OCH3 is 2. The predicted molar refractivity (Wildman–Crippen MR) is 102 cm³/mol. The Morgan fingerprint density at radius 2 is 2.08 bits per heavy atom. The summed E-state index contributed by atoms with van der Waals surface area (Å²) < 4.78 is 34.4. The minimum absolute atomic E-state index is 0.0325. The zero-order valence-corrected chi connectivity index (χ0v) is 16.2. The van der Waals surface area contributed by atoms with E-state index >= 15 is 0 Å². The van der Waals surface area contributed by atoms with Gasteiger partial charge in [-0.25, -0.2) is 8.42 Å². The fourth-order valence-corrected chi connectivity index (χ4v) is 6.03. The van der Waals surface area contributed by atoms with E-state index in [0.717, 1.165) is 0 Å². The van der Waals surface area contributed by atoms with Crippen LogP contribution in [0.3, 0.4) is 0 Å². The Labute approximate surface area is 156 Å². The number of thioether (sulfide) groups is 1. The van der Waals surface area contributed by atoms with E-state index in [1.165, 1.54) is 23.8 Å². The van der Waals surface area contributed by atoms with E-state index < -0.39 is 9.84 Å². The maximum atomic E-state index is 12.8. The number of amides is 1. The monoisotopic (exact) mass is 399 g/mol. The highest BCUT2D eigenvalue weighted by atomic mass is 32.2. The van der Waals surface area contributed by atoms with Crippen molar-refractivity contribution in [2.45, 2.75) is 12.5 Å². The molecule has 1 amide bonds. The zero-order valence-electron chi connectivity index (χ0n) is 13.7. The number of nitrogens with zero attached hydrogens (tertiary/aromatic N) is 1. The summed E-state index contributed by atoms with van der Waals surface area (Å²) in [6, 6.07) is 5.01. The third-order valence-corrected chi connectivity index (χ3v) is 7.20. The van der Waals surface area contributed by atoms with Crippen LogP contribution in [0.4, 0.5) is 0 Å². The second-order valence-corrected chi connectivity index (χ2v) is 9.60. The average molecular weight is 400 g/mol. The summed E-state index contributed by atoms with van der Waals surface area (Å²) in [5, 5.41) is 0. The van der Waals surface area contributed by atoms with Crippen LogP contribution in [0.25, 0.3) is 6.08 Å². The van der Waals surface area contributed by atoms with Crippen LogP contribution in [0, 0.1) is 0 Å². The van der Waals surface area contributed by atoms with E-state index in [4.69, 9.17) is 21.7 Å². The van der Waals surface area contributed by atoms with Gasteiger partial charge in [-0.15, -0.1) is 0 Å². The Balaban J connectivity index is 1.91. The third kappa shape index (κ3) is 3.54. The fourth-order valence-electron chi connectivity index (χ4n) is 2.94. The molecule has 1 aromatic carbocycles. The largest absolute Gasteiger partial charge is 0.493 e. The highest BCUT2D eigenvalue weighted by Gasteiger charge is 2.42. The topological polar surface area (TPSA) is 72.9 Å². The van der Waals surface area contributed by atoms with Crippen molar-refractivity contribution in [3.8, 4) is 11.5 Å². The van der Waals surface area contributed by atoms with Crippen molar-refractivity contribution >= 4 is 50.1 Å². The number of rotatable bonds is 4. The molecule has 3 rings (SSSR count). The third-order valence-electron chi connectivity index (χ3n) is 4.12. The minimum atomic E-state index is -3.09. The normalized spacial score (nSPS) is 24.2. The summed E-state index contributed by atoms with van der Waals surface area (Å²) >= 11 is 6.48. The summed E-state index contributed by atoms with van der Waals surface area (Å²) in [6.07, 6.45) is 2.12. The standard InChI is InChI=1S/C16H17NO5S3/c1-21-12-5-3-4-10(14(12)22-2)8-13-15(18)17(16(23)24-13)11-6-7-25(19,20)9-11/h3-5,8,11H,6-7,9H2,1-2H3/b13-8-/t11-/m1/s1. The molecule has 2 aliphatic rings. The summed E-state index contributed by atoms with van der Waals surface area (Å²) in [5.41, 5.74) is 0.696. The first-order valence-corrected chi connectivity index (χ1v) is 10.6. The van der Waals surface area contributed by atoms with Gasteiger partial charge in [0.25, 0.3) is 5.91 Å². The van der Waals surface area contributed by atoms with Gasteiger partial charge in [0.05, 0.1) is 36.7 Å². The highest BCUT2D eigenvalue weighted by Crippen LogP contribution is 2.39. The number of benzene rings is 1. The number of para-hydroxylation sites is 1. The van der Waals surface area contributed by atoms with Gasteiger partial charge >= 0.3 is 0 Å². The predicted octanol–water partition coefficient (Wildman–Crippen LogP) is 2.09. The van der Waals surface area contributed by atoms with Gasteiger partial charge in [-0.1, -0.05) is 36.1 Å². The molecule has 0 radical (unpaired) electrons. The number of hydrogen-bond acceptors (Lipinski definition) is 7. The Kier molecular flexibility index (Phi) is 5.08. The van der Waals surface area contributed by atoms with Crippen LogP contribution in [0.1, 0.15) is 12.0 Å². The lowest BCUT2D eigenvalue weighted by Gasteiger charge is -2.20. The first-order chi connectivity index (χ1) is 11.9. The van der Waals surface area contributed by atoms with Crippen molar-refractivity contribution < 1.29 is 22.7 Å². The molecule has 2 aliphatic heterocycles. The van der Waals surface area contributed by atoms with E-state index in [9.17, 15) is 13.2 Å². The molecule has 0 saturated carbocycles. The molecule has 6 nitrogen and oxygen atoms in total. The molecule has 1 aromatic rings. The molecular formula is C16H17NO5S3. The smallest absolute Gasteiger partial charge is 0.266 e. The van der Waals surface area contributed by atoms with Gasteiger partial charge in [0.15, 0.2) is 21.3 Å². The Morgan fingerprint density at radius 3 is 2.68 bits per heavy atom. The van der Waals surface area contributed by atoms with E-state index in [1.807, 2.05) is 6.07 Å². The Morgan fingerprint density at radius 1 is 1.32 bits per heavy atom. The molecule has 0 bridgehead atoms. The number of ether oxygens (including phenoxy) is 2.